The number of fused-ring (bicyclic) bond motifs is 1. The molecule has 1 amide bonds. The zero-order chi connectivity index (χ0) is 24.6. The molecule has 0 spiro atoms. The van der Waals surface area contributed by atoms with E-state index in [2.05, 4.69) is 26.8 Å². The zero-order valence-electron chi connectivity index (χ0n) is 19.5. The minimum Gasteiger partial charge on any atom is -0.464 e. The summed E-state index contributed by atoms with van der Waals surface area (Å²) in [5.74, 6) is 4.68. The van der Waals surface area contributed by atoms with Crippen molar-refractivity contribution < 1.29 is 24.2 Å². The molecule has 2 fully saturated rings. The maximum atomic E-state index is 12.5. The van der Waals surface area contributed by atoms with Gasteiger partial charge in [-0.05, 0) is 24.3 Å². The van der Waals surface area contributed by atoms with Gasteiger partial charge in [-0.25, -0.2) is 14.5 Å². The SMILES string of the molecule is COC(=O)c1nn(-c2cccc(C#CC3(O)CCN(C)C3=O)c2)c2ncc(N3CCOCC3)cc12. The molecular formula is C25H25N5O5. The Kier molecular flexibility index (Phi) is 5.88. The Morgan fingerprint density at radius 2 is 2.00 bits per heavy atom. The number of carbonyl (C=O) groups is 2. The van der Waals surface area contributed by atoms with Crippen molar-refractivity contribution in [1.82, 2.24) is 19.7 Å². The number of rotatable bonds is 3. The Balaban J connectivity index is 1.54. The summed E-state index contributed by atoms with van der Waals surface area (Å²) in [5.41, 5.74) is 1.08. The third kappa shape index (κ3) is 4.20. The number of hydrogen-bond donors (Lipinski definition) is 1. The molecule has 0 bridgehead atoms. The molecule has 10 heteroatoms. The fourth-order valence-corrected chi connectivity index (χ4v) is 4.27. The van der Waals surface area contributed by atoms with Gasteiger partial charge in [-0.1, -0.05) is 17.9 Å². The van der Waals surface area contributed by atoms with Gasteiger partial charge in [0.1, 0.15) is 0 Å². The number of ether oxygens (including phenoxy) is 2. The van der Waals surface area contributed by atoms with Crippen molar-refractivity contribution in [2.45, 2.75) is 12.0 Å². The van der Waals surface area contributed by atoms with Crippen molar-refractivity contribution in [1.29, 1.82) is 0 Å². The van der Waals surface area contributed by atoms with Gasteiger partial charge in [0.2, 0.25) is 5.60 Å². The highest BCUT2D eigenvalue weighted by Crippen LogP contribution is 2.27. The third-order valence-electron chi connectivity index (χ3n) is 6.28. The summed E-state index contributed by atoms with van der Waals surface area (Å²) < 4.78 is 12.0. The van der Waals surface area contributed by atoms with Gasteiger partial charge in [0, 0.05) is 38.7 Å². The molecule has 3 aromatic rings. The summed E-state index contributed by atoms with van der Waals surface area (Å²) in [6.07, 6.45) is 2.02. The number of likely N-dealkylation sites (N-methyl/N-ethyl adjacent to an activating group) is 1. The van der Waals surface area contributed by atoms with Crippen LogP contribution in [0, 0.1) is 11.8 Å². The van der Waals surface area contributed by atoms with Gasteiger partial charge < -0.3 is 24.4 Å². The van der Waals surface area contributed by atoms with E-state index in [1.165, 1.54) is 12.0 Å². The largest absolute Gasteiger partial charge is 0.464 e. The fourth-order valence-electron chi connectivity index (χ4n) is 4.27. The van der Waals surface area contributed by atoms with Gasteiger partial charge >= 0.3 is 5.97 Å². The number of aromatic nitrogens is 3. The van der Waals surface area contributed by atoms with Crippen molar-refractivity contribution in [3.05, 3.63) is 47.8 Å². The highest BCUT2D eigenvalue weighted by Gasteiger charge is 2.42. The highest BCUT2D eigenvalue weighted by molar-refractivity contribution is 6.02. The van der Waals surface area contributed by atoms with Crippen LogP contribution in [0.1, 0.15) is 22.5 Å². The second-order valence-electron chi connectivity index (χ2n) is 8.55. The van der Waals surface area contributed by atoms with E-state index < -0.39 is 17.5 Å². The molecule has 2 aliphatic heterocycles. The van der Waals surface area contributed by atoms with Gasteiger partial charge in [0.15, 0.2) is 11.3 Å². The number of esters is 1. The first-order valence-electron chi connectivity index (χ1n) is 11.3. The average Bonchev–Trinajstić information content (AvgIpc) is 3.41. The van der Waals surface area contributed by atoms with Gasteiger partial charge in [0.05, 0.1) is 43.3 Å². The zero-order valence-corrected chi connectivity index (χ0v) is 19.5. The summed E-state index contributed by atoms with van der Waals surface area (Å²) >= 11 is 0. The van der Waals surface area contributed by atoms with Crippen molar-refractivity contribution in [2.75, 3.05) is 51.9 Å². The van der Waals surface area contributed by atoms with E-state index in [0.717, 1.165) is 18.8 Å². The second kappa shape index (κ2) is 9.02. The maximum Gasteiger partial charge on any atom is 0.359 e. The van der Waals surface area contributed by atoms with Crippen LogP contribution < -0.4 is 4.90 Å². The first kappa shape index (κ1) is 22.8. The lowest BCUT2D eigenvalue weighted by atomic mass is 10.0. The van der Waals surface area contributed by atoms with E-state index >= 15 is 0 Å². The molecule has 2 aromatic heterocycles. The molecule has 1 N–H and O–H groups in total. The van der Waals surface area contributed by atoms with E-state index in [-0.39, 0.29) is 12.1 Å². The molecule has 180 valence electrons. The van der Waals surface area contributed by atoms with Crippen molar-refractivity contribution in [3.8, 4) is 17.5 Å². The number of pyridine rings is 1. The lowest BCUT2D eigenvalue weighted by Crippen LogP contribution is -2.37. The fraction of sp³-hybridized carbons (Fsp3) is 0.360. The molecule has 2 aliphatic rings. The van der Waals surface area contributed by atoms with Gasteiger partial charge in [-0.3, -0.25) is 4.79 Å². The van der Waals surface area contributed by atoms with Crippen molar-refractivity contribution in [3.63, 3.8) is 0 Å². The number of aliphatic hydroxyl groups is 1. The molecule has 0 saturated carbocycles. The van der Waals surface area contributed by atoms with Crippen LogP contribution in [0.2, 0.25) is 0 Å². The lowest BCUT2D eigenvalue weighted by molar-refractivity contribution is -0.137. The van der Waals surface area contributed by atoms with E-state index in [1.807, 2.05) is 12.1 Å². The summed E-state index contributed by atoms with van der Waals surface area (Å²) in [4.78, 5) is 33.0. The van der Waals surface area contributed by atoms with Crippen LogP contribution in [0.15, 0.2) is 36.5 Å². The molecule has 2 saturated heterocycles. The molecule has 10 nitrogen and oxygen atoms in total. The molecular weight excluding hydrogens is 450 g/mol. The highest BCUT2D eigenvalue weighted by atomic mass is 16.5. The normalized spacial score (nSPS) is 20.1. The molecule has 0 radical (unpaired) electrons. The molecule has 35 heavy (non-hydrogen) atoms. The molecule has 5 rings (SSSR count). The number of carbonyl (C=O) groups excluding carboxylic acids is 2. The van der Waals surface area contributed by atoms with Gasteiger partial charge in [0.25, 0.3) is 5.91 Å². The number of hydrogen-bond acceptors (Lipinski definition) is 8. The quantitative estimate of drug-likeness (QED) is 0.441. The summed E-state index contributed by atoms with van der Waals surface area (Å²) in [5, 5.41) is 15.7. The summed E-state index contributed by atoms with van der Waals surface area (Å²) in [7, 11) is 2.96. The lowest BCUT2D eigenvalue weighted by Gasteiger charge is -2.28. The Labute approximate surface area is 202 Å². The molecule has 1 aromatic carbocycles. The number of benzene rings is 1. The average molecular weight is 476 g/mol. The predicted molar refractivity (Wildman–Crippen MR) is 127 cm³/mol. The number of likely N-dealkylation sites (tertiary alicyclic amines) is 1. The standard InChI is InChI=1S/C25H25N5O5/c1-28-9-8-25(33,24(28)32)7-6-17-4-3-5-18(14-17)30-22-20(21(27-30)23(31)34-2)15-19(16-26-22)29-10-12-35-13-11-29/h3-5,14-16,33H,8-13H2,1-2H3. The Hall–Kier alpha value is -3.94. The minimum atomic E-state index is -1.68. The maximum absolute atomic E-state index is 12.5. The number of methoxy groups -OCH3 is 1. The topological polar surface area (TPSA) is 110 Å². The molecule has 1 unspecified atom stereocenters. The van der Waals surface area contributed by atoms with Crippen LogP contribution in [0.3, 0.4) is 0 Å². The van der Waals surface area contributed by atoms with E-state index in [0.29, 0.717) is 42.0 Å². The first-order chi connectivity index (χ1) is 16.9. The number of morpholine rings is 1. The Bertz CT molecular complexity index is 1370. The Morgan fingerprint density at radius 3 is 2.71 bits per heavy atom. The molecule has 1 atom stereocenters. The van der Waals surface area contributed by atoms with E-state index in [9.17, 15) is 14.7 Å². The number of anilines is 1. The summed E-state index contributed by atoms with van der Waals surface area (Å²) in [6, 6.07) is 9.05. The van der Waals surface area contributed by atoms with Crippen molar-refractivity contribution >= 4 is 28.6 Å². The van der Waals surface area contributed by atoms with Gasteiger partial charge in [-0.2, -0.15) is 5.10 Å². The van der Waals surface area contributed by atoms with Crippen LogP contribution in [-0.2, 0) is 14.3 Å². The van der Waals surface area contributed by atoms with E-state index in [4.69, 9.17) is 9.47 Å². The van der Waals surface area contributed by atoms with Crippen LogP contribution in [-0.4, -0.2) is 89.3 Å². The van der Waals surface area contributed by atoms with Crippen LogP contribution in [0.5, 0.6) is 0 Å². The first-order valence-corrected chi connectivity index (χ1v) is 11.3. The van der Waals surface area contributed by atoms with Gasteiger partial charge in [-0.15, -0.1) is 0 Å². The molecule has 4 heterocycles. The van der Waals surface area contributed by atoms with Crippen LogP contribution in [0.4, 0.5) is 5.69 Å². The smallest absolute Gasteiger partial charge is 0.359 e. The summed E-state index contributed by atoms with van der Waals surface area (Å²) in [6.45, 7) is 3.19. The minimum absolute atomic E-state index is 0.162. The van der Waals surface area contributed by atoms with Crippen molar-refractivity contribution in [2.24, 2.45) is 0 Å². The predicted octanol–water partition coefficient (Wildman–Crippen LogP) is 0.988. The number of amides is 1. The number of nitrogens with zero attached hydrogens (tertiary/aromatic N) is 5. The second-order valence-corrected chi connectivity index (χ2v) is 8.55. The van der Waals surface area contributed by atoms with E-state index in [1.54, 1.807) is 36.1 Å². The van der Waals surface area contributed by atoms with Crippen LogP contribution in [0.25, 0.3) is 16.7 Å². The van der Waals surface area contributed by atoms with Crippen LogP contribution >= 0.6 is 0 Å². The monoisotopic (exact) mass is 475 g/mol. The third-order valence-corrected chi connectivity index (χ3v) is 6.28. The molecule has 0 aliphatic carbocycles. The Morgan fingerprint density at radius 1 is 1.20 bits per heavy atom.